The van der Waals surface area contributed by atoms with Crippen LogP contribution in [0.25, 0.3) is 0 Å². The smallest absolute Gasteiger partial charge is 0.748 e. The van der Waals surface area contributed by atoms with E-state index in [0.29, 0.717) is 19.3 Å². The summed E-state index contributed by atoms with van der Waals surface area (Å²) in [6.07, 6.45) is 23.5. The van der Waals surface area contributed by atoms with Crippen LogP contribution in [0.1, 0.15) is 135 Å². The van der Waals surface area contributed by atoms with Gasteiger partial charge < -0.3 is 9.66 Å². The molecule has 0 aliphatic heterocycles. The predicted octanol–water partition coefficient (Wildman–Crippen LogP) is 3.72. The molecule has 0 rings (SSSR count). The van der Waals surface area contributed by atoms with E-state index in [-0.39, 0.29) is 63.2 Å². The van der Waals surface area contributed by atoms with Gasteiger partial charge >= 0.3 is 51.4 Å². The maximum absolute atomic E-state index is 10.5. The van der Waals surface area contributed by atoms with Crippen molar-refractivity contribution >= 4 is 10.1 Å². The Morgan fingerprint density at radius 1 is 0.621 bits per heavy atom. The third-order valence-electron chi connectivity index (χ3n) is 5.57. The summed E-state index contributed by atoms with van der Waals surface area (Å²) in [5.74, 6) is -0.307. The minimum Gasteiger partial charge on any atom is -0.748 e. The Balaban J connectivity index is 0. The van der Waals surface area contributed by atoms with Crippen LogP contribution in [0.2, 0.25) is 0 Å². The van der Waals surface area contributed by atoms with E-state index in [1.807, 2.05) is 0 Å². The van der Waals surface area contributed by atoms with Gasteiger partial charge in [-0.1, -0.05) is 110 Å². The summed E-state index contributed by atoms with van der Waals surface area (Å²) in [5.41, 5.74) is 0. The molecule has 1 unspecified atom stereocenters. The Morgan fingerprint density at radius 3 is 1.28 bits per heavy atom. The van der Waals surface area contributed by atoms with E-state index in [0.717, 1.165) is 12.8 Å². The molecule has 0 saturated carbocycles. The van der Waals surface area contributed by atoms with Gasteiger partial charge in [0.25, 0.3) is 0 Å². The average molecular weight is 459 g/mol. The predicted molar refractivity (Wildman–Crippen MR) is 119 cm³/mol. The van der Waals surface area contributed by atoms with Gasteiger partial charge in [0, 0.05) is 5.75 Å². The molecule has 0 aromatic carbocycles. The van der Waals surface area contributed by atoms with E-state index in [2.05, 4.69) is 6.92 Å². The number of unbranched alkanes of at least 4 members (excludes halogenated alkanes) is 16. The van der Waals surface area contributed by atoms with Crippen molar-refractivity contribution < 1.29 is 69.5 Å². The van der Waals surface area contributed by atoms with Crippen LogP contribution in [0.3, 0.4) is 0 Å². The summed E-state index contributed by atoms with van der Waals surface area (Å²) < 4.78 is 31.5. The van der Waals surface area contributed by atoms with Crippen LogP contribution in [-0.4, -0.2) is 29.9 Å². The molecule has 170 valence electrons. The summed E-state index contributed by atoms with van der Waals surface area (Å²) in [7, 11) is -4.10. The molecule has 1 N–H and O–H groups in total. The van der Waals surface area contributed by atoms with Crippen LogP contribution in [0.4, 0.5) is 0 Å². The fourth-order valence-electron chi connectivity index (χ4n) is 3.73. The molecule has 0 amide bonds. The molecule has 0 aliphatic rings. The molecule has 0 aliphatic carbocycles. The van der Waals surface area contributed by atoms with E-state index in [1.54, 1.807) is 0 Å². The molecular formula is C23H47KO4S. The van der Waals surface area contributed by atoms with Gasteiger partial charge in [0.05, 0.1) is 16.2 Å². The molecular weight excluding hydrogens is 411 g/mol. The van der Waals surface area contributed by atoms with E-state index >= 15 is 0 Å². The molecule has 4 nitrogen and oxygen atoms in total. The first-order valence-corrected chi connectivity index (χ1v) is 13.6. The van der Waals surface area contributed by atoms with Crippen LogP contribution in [0.15, 0.2) is 0 Å². The van der Waals surface area contributed by atoms with Crippen molar-refractivity contribution in [3.8, 4) is 0 Å². The van der Waals surface area contributed by atoms with Gasteiger partial charge in [0.2, 0.25) is 0 Å². The number of aliphatic hydroxyl groups excluding tert-OH is 1. The molecule has 0 spiro atoms. The molecule has 0 heterocycles. The summed E-state index contributed by atoms with van der Waals surface area (Å²) >= 11 is 0. The van der Waals surface area contributed by atoms with Gasteiger partial charge in [-0.2, -0.15) is 0 Å². The molecule has 6 heteroatoms. The van der Waals surface area contributed by atoms with Crippen LogP contribution >= 0.6 is 0 Å². The third-order valence-corrected chi connectivity index (χ3v) is 6.36. The summed E-state index contributed by atoms with van der Waals surface area (Å²) in [5, 5.41) is 9.87. The Hall–Kier alpha value is 1.51. The SMILES string of the molecule is CCCCCCCCCCCCCCCCCCC(O)CCCCS(=O)(=O)[O-].[K+]. The van der Waals surface area contributed by atoms with Crippen molar-refractivity contribution in [3.63, 3.8) is 0 Å². The topological polar surface area (TPSA) is 77.4 Å². The van der Waals surface area contributed by atoms with Gasteiger partial charge in [0.1, 0.15) is 0 Å². The third kappa shape index (κ3) is 29.5. The van der Waals surface area contributed by atoms with Crippen LogP contribution in [0, 0.1) is 0 Å². The van der Waals surface area contributed by atoms with E-state index in [9.17, 15) is 18.1 Å². The van der Waals surface area contributed by atoms with Crippen molar-refractivity contribution in [2.45, 2.75) is 141 Å². The first-order chi connectivity index (χ1) is 13.5. The van der Waals surface area contributed by atoms with E-state index < -0.39 is 10.1 Å². The normalized spacial score (nSPS) is 12.7. The second-order valence-corrected chi connectivity index (χ2v) is 10.0. The number of hydrogen-bond donors (Lipinski definition) is 1. The monoisotopic (exact) mass is 458 g/mol. The van der Waals surface area contributed by atoms with Crippen molar-refractivity contribution in [1.29, 1.82) is 0 Å². The van der Waals surface area contributed by atoms with Crippen LogP contribution in [0.5, 0.6) is 0 Å². The summed E-state index contributed by atoms with van der Waals surface area (Å²) in [6, 6.07) is 0. The largest absolute Gasteiger partial charge is 1.00 e. The fourth-order valence-corrected chi connectivity index (χ4v) is 4.29. The van der Waals surface area contributed by atoms with Gasteiger partial charge in [-0.3, -0.25) is 0 Å². The first-order valence-electron chi connectivity index (χ1n) is 12.1. The number of hydrogen-bond acceptors (Lipinski definition) is 4. The Labute approximate surface area is 224 Å². The Kier molecular flexibility index (Phi) is 27.2. The van der Waals surface area contributed by atoms with Gasteiger partial charge in [-0.15, -0.1) is 0 Å². The Morgan fingerprint density at radius 2 is 0.931 bits per heavy atom. The average Bonchev–Trinajstić information content (AvgIpc) is 2.64. The zero-order chi connectivity index (χ0) is 20.9. The second kappa shape index (κ2) is 24.2. The van der Waals surface area contributed by atoms with Gasteiger partial charge in [-0.05, 0) is 25.7 Å². The van der Waals surface area contributed by atoms with E-state index in [1.165, 1.54) is 96.3 Å². The van der Waals surface area contributed by atoms with E-state index in [4.69, 9.17) is 0 Å². The van der Waals surface area contributed by atoms with Crippen molar-refractivity contribution in [2.75, 3.05) is 5.75 Å². The molecule has 1 atom stereocenters. The van der Waals surface area contributed by atoms with Crippen LogP contribution in [-0.2, 0) is 10.1 Å². The molecule has 0 radical (unpaired) electrons. The van der Waals surface area contributed by atoms with Crippen molar-refractivity contribution in [2.24, 2.45) is 0 Å². The minimum absolute atomic E-state index is 0. The fraction of sp³-hybridized carbons (Fsp3) is 1.00. The molecule has 0 aromatic heterocycles. The zero-order valence-electron chi connectivity index (χ0n) is 19.5. The Bertz CT molecular complexity index is 415. The first kappa shape index (κ1) is 32.7. The molecule has 29 heavy (non-hydrogen) atoms. The maximum atomic E-state index is 10.5. The van der Waals surface area contributed by atoms with Crippen molar-refractivity contribution in [3.05, 3.63) is 0 Å². The molecule has 0 fully saturated rings. The quantitative estimate of drug-likeness (QED) is 0.152. The van der Waals surface area contributed by atoms with Crippen LogP contribution < -0.4 is 51.4 Å². The number of rotatable bonds is 22. The van der Waals surface area contributed by atoms with Crippen molar-refractivity contribution in [1.82, 2.24) is 0 Å². The zero-order valence-corrected chi connectivity index (χ0v) is 23.4. The standard InChI is InChI=1S/C23H48O4S.K/c1-2-3-4-5-6-7-8-9-10-11-12-13-14-15-16-17-20-23(24)21-18-19-22-28(25,26)27;/h23-24H,2-22H2,1H3,(H,25,26,27);/q;+1/p-1. The minimum atomic E-state index is -4.10. The number of aliphatic hydroxyl groups is 1. The van der Waals surface area contributed by atoms with Gasteiger partial charge in [0.15, 0.2) is 0 Å². The summed E-state index contributed by atoms with van der Waals surface area (Å²) in [4.78, 5) is 0. The van der Waals surface area contributed by atoms with Gasteiger partial charge in [-0.25, -0.2) is 8.42 Å². The molecule has 0 aromatic rings. The second-order valence-electron chi connectivity index (χ2n) is 8.50. The summed E-state index contributed by atoms with van der Waals surface area (Å²) in [6.45, 7) is 2.27. The molecule has 0 bridgehead atoms. The maximum Gasteiger partial charge on any atom is 1.00 e. The molecule has 0 saturated heterocycles.